The van der Waals surface area contributed by atoms with Crippen molar-refractivity contribution in [3.8, 4) is 0 Å². The molecule has 0 unspecified atom stereocenters. The number of nitrogen functional groups attached to an aromatic ring is 1. The number of hydrogen-bond acceptors (Lipinski definition) is 7. The fraction of sp³-hybridized carbons (Fsp3) is 0.417. The number of ether oxygens (including phenoxy) is 1. The van der Waals surface area contributed by atoms with Gasteiger partial charge in [-0.1, -0.05) is 6.92 Å². The molecule has 0 saturated carbocycles. The number of thiophene rings is 1. The van der Waals surface area contributed by atoms with Crippen molar-refractivity contribution in [1.82, 2.24) is 15.1 Å². The molecule has 2 aliphatic heterocycles. The van der Waals surface area contributed by atoms with Crippen molar-refractivity contribution in [1.29, 1.82) is 5.41 Å². The molecule has 4 N–H and O–H groups in total. The molecule has 1 saturated heterocycles. The Kier molecular flexibility index (Phi) is 7.28. The Morgan fingerprint density at radius 1 is 1.21 bits per heavy atom. The Balaban J connectivity index is 1.42. The van der Waals surface area contributed by atoms with Crippen LogP contribution >= 0.6 is 11.3 Å². The van der Waals surface area contributed by atoms with Gasteiger partial charge in [0.1, 0.15) is 6.04 Å². The minimum Gasteiger partial charge on any atom is -0.398 e. The summed E-state index contributed by atoms with van der Waals surface area (Å²) in [5.41, 5.74) is 8.02. The molecule has 1 atom stereocenters. The van der Waals surface area contributed by atoms with Crippen LogP contribution in [0.5, 0.6) is 0 Å². The van der Waals surface area contributed by atoms with Gasteiger partial charge in [-0.15, -0.1) is 11.3 Å². The lowest BCUT2D eigenvalue weighted by atomic mass is 10.1. The van der Waals surface area contributed by atoms with Crippen molar-refractivity contribution >= 4 is 41.0 Å². The summed E-state index contributed by atoms with van der Waals surface area (Å²) in [5.74, 6) is -0.501. The molecule has 1 aromatic carbocycles. The zero-order valence-electron chi connectivity index (χ0n) is 19.1. The van der Waals surface area contributed by atoms with E-state index in [9.17, 15) is 14.4 Å². The maximum atomic E-state index is 13.2. The summed E-state index contributed by atoms with van der Waals surface area (Å²) in [6, 6.07) is 5.95. The van der Waals surface area contributed by atoms with Gasteiger partial charge in [0.25, 0.3) is 11.8 Å². The molecule has 2 aliphatic rings. The lowest BCUT2D eigenvalue weighted by molar-refractivity contribution is -0.134. The van der Waals surface area contributed by atoms with E-state index in [2.05, 4.69) is 5.32 Å². The largest absolute Gasteiger partial charge is 0.398 e. The Morgan fingerprint density at radius 2 is 1.97 bits per heavy atom. The first-order valence-electron chi connectivity index (χ1n) is 11.4. The van der Waals surface area contributed by atoms with E-state index in [0.29, 0.717) is 73.9 Å². The van der Waals surface area contributed by atoms with Crippen molar-refractivity contribution < 1.29 is 19.1 Å². The lowest BCUT2D eigenvalue weighted by Crippen LogP contribution is -2.49. The van der Waals surface area contributed by atoms with Crippen LogP contribution in [0.3, 0.4) is 0 Å². The quantitative estimate of drug-likeness (QED) is 0.427. The fourth-order valence-electron chi connectivity index (χ4n) is 4.19. The van der Waals surface area contributed by atoms with E-state index < -0.39 is 6.04 Å². The Hall–Kier alpha value is -3.24. The average Bonchev–Trinajstić information content (AvgIpc) is 3.30. The average molecular weight is 484 g/mol. The highest BCUT2D eigenvalue weighted by atomic mass is 32.1. The number of carbonyl (C=O) groups is 3. The summed E-state index contributed by atoms with van der Waals surface area (Å²) in [7, 11) is 0. The summed E-state index contributed by atoms with van der Waals surface area (Å²) < 4.78 is 5.33. The van der Waals surface area contributed by atoms with Crippen LogP contribution in [-0.2, 0) is 22.5 Å². The van der Waals surface area contributed by atoms with E-state index >= 15 is 0 Å². The van der Waals surface area contributed by atoms with Crippen molar-refractivity contribution in [3.05, 3.63) is 50.7 Å². The van der Waals surface area contributed by atoms with Gasteiger partial charge >= 0.3 is 0 Å². The predicted octanol–water partition coefficient (Wildman–Crippen LogP) is 1.89. The van der Waals surface area contributed by atoms with Crippen molar-refractivity contribution in [2.75, 3.05) is 38.6 Å². The number of rotatable bonds is 6. The van der Waals surface area contributed by atoms with E-state index in [-0.39, 0.29) is 17.7 Å². The topological polar surface area (TPSA) is 129 Å². The first-order valence-corrected chi connectivity index (χ1v) is 12.2. The molecule has 34 heavy (non-hydrogen) atoms. The van der Waals surface area contributed by atoms with Crippen molar-refractivity contribution in [2.24, 2.45) is 0 Å². The Morgan fingerprint density at radius 3 is 2.68 bits per heavy atom. The van der Waals surface area contributed by atoms with Gasteiger partial charge in [0, 0.05) is 54.1 Å². The van der Waals surface area contributed by atoms with Gasteiger partial charge in [-0.25, -0.2) is 0 Å². The molecule has 180 valence electrons. The van der Waals surface area contributed by atoms with Crippen LogP contribution < -0.4 is 11.1 Å². The normalized spacial score (nSPS) is 16.5. The number of nitrogens with one attached hydrogen (secondary N) is 2. The van der Waals surface area contributed by atoms with E-state index in [0.717, 1.165) is 16.7 Å². The second-order valence-electron chi connectivity index (χ2n) is 8.40. The SMILES string of the molecule is CC[C@@H](NC(=O)c1ccc(N)c(C=N)c1)C(=O)N1CCc2sc(C(=O)N3CCOCC3)cc2C1. The maximum absolute atomic E-state index is 13.2. The summed E-state index contributed by atoms with van der Waals surface area (Å²) in [5, 5.41) is 10.2. The number of carbonyl (C=O) groups excluding carboxylic acids is 3. The molecule has 3 heterocycles. The molecule has 0 radical (unpaired) electrons. The van der Waals surface area contributed by atoms with Crippen LogP contribution in [-0.4, -0.2) is 72.6 Å². The first-order chi connectivity index (χ1) is 16.4. The number of fused-ring (bicyclic) bond motifs is 1. The highest BCUT2D eigenvalue weighted by Crippen LogP contribution is 2.29. The number of nitrogens with zero attached hydrogens (tertiary/aromatic N) is 2. The summed E-state index contributed by atoms with van der Waals surface area (Å²) in [4.78, 5) is 44.2. The van der Waals surface area contributed by atoms with Crippen LogP contribution in [0.25, 0.3) is 0 Å². The van der Waals surface area contributed by atoms with Gasteiger partial charge in [-0.3, -0.25) is 14.4 Å². The molecule has 2 aromatic rings. The number of amides is 3. The third kappa shape index (κ3) is 4.97. The van der Waals surface area contributed by atoms with Crippen LogP contribution in [0.15, 0.2) is 24.3 Å². The summed E-state index contributed by atoms with van der Waals surface area (Å²) in [6.45, 7) is 5.13. The van der Waals surface area contributed by atoms with Crippen molar-refractivity contribution in [3.63, 3.8) is 0 Å². The fourth-order valence-corrected chi connectivity index (χ4v) is 5.32. The van der Waals surface area contributed by atoms with E-state index in [1.54, 1.807) is 23.1 Å². The van der Waals surface area contributed by atoms with Crippen molar-refractivity contribution in [2.45, 2.75) is 32.4 Å². The highest BCUT2D eigenvalue weighted by Gasteiger charge is 2.30. The Labute approximate surface area is 202 Å². The van der Waals surface area contributed by atoms with Gasteiger partial charge < -0.3 is 31.0 Å². The number of nitrogens with two attached hydrogens (primary N) is 1. The van der Waals surface area contributed by atoms with Gasteiger partial charge in [0.2, 0.25) is 5.91 Å². The molecule has 1 aromatic heterocycles. The Bertz CT molecular complexity index is 1110. The van der Waals surface area contributed by atoms with Crippen LogP contribution in [0.1, 0.15) is 49.4 Å². The number of hydrogen-bond donors (Lipinski definition) is 3. The smallest absolute Gasteiger partial charge is 0.264 e. The number of benzene rings is 1. The third-order valence-electron chi connectivity index (χ3n) is 6.20. The molecule has 9 nitrogen and oxygen atoms in total. The monoisotopic (exact) mass is 483 g/mol. The van der Waals surface area contributed by atoms with Gasteiger partial charge in [0.05, 0.1) is 18.1 Å². The van der Waals surface area contributed by atoms with Crippen LogP contribution in [0.4, 0.5) is 5.69 Å². The standard InChI is InChI=1S/C24H29N5O4S/c1-2-19(27-22(30)15-3-4-18(26)16(11-15)13-25)23(31)29-6-5-20-17(14-29)12-21(34-20)24(32)28-7-9-33-10-8-28/h3-4,11-13,19,25H,2,5-10,14,26H2,1H3,(H,27,30)/t19-/m1/s1. The van der Waals surface area contributed by atoms with E-state index in [1.165, 1.54) is 11.3 Å². The molecule has 3 amide bonds. The minimum absolute atomic E-state index is 0.0204. The molecular formula is C24H29N5O4S. The second kappa shape index (κ2) is 10.4. The van der Waals surface area contributed by atoms with Gasteiger partial charge in [-0.05, 0) is 42.7 Å². The van der Waals surface area contributed by atoms with Crippen LogP contribution in [0.2, 0.25) is 0 Å². The lowest BCUT2D eigenvalue weighted by Gasteiger charge is -2.30. The zero-order valence-corrected chi connectivity index (χ0v) is 20.0. The van der Waals surface area contributed by atoms with E-state index in [4.69, 9.17) is 15.9 Å². The predicted molar refractivity (Wildman–Crippen MR) is 130 cm³/mol. The third-order valence-corrected chi connectivity index (χ3v) is 7.43. The first kappa shape index (κ1) is 23.9. The highest BCUT2D eigenvalue weighted by molar-refractivity contribution is 7.14. The van der Waals surface area contributed by atoms with Gasteiger partial charge in [-0.2, -0.15) is 0 Å². The molecule has 0 aliphatic carbocycles. The molecule has 1 fully saturated rings. The summed E-state index contributed by atoms with van der Waals surface area (Å²) in [6.07, 6.45) is 2.23. The number of morpholine rings is 1. The van der Waals surface area contributed by atoms with E-state index in [1.807, 2.05) is 17.9 Å². The second-order valence-corrected chi connectivity index (χ2v) is 9.53. The molecular weight excluding hydrogens is 454 g/mol. The van der Waals surface area contributed by atoms with Crippen LogP contribution in [0, 0.1) is 5.41 Å². The number of anilines is 1. The minimum atomic E-state index is -0.664. The molecule has 0 spiro atoms. The van der Waals surface area contributed by atoms with Gasteiger partial charge in [0.15, 0.2) is 0 Å². The molecule has 10 heteroatoms. The maximum Gasteiger partial charge on any atom is 0.264 e. The summed E-state index contributed by atoms with van der Waals surface area (Å²) >= 11 is 1.51. The zero-order chi connectivity index (χ0) is 24.2. The molecule has 0 bridgehead atoms. The molecule has 4 rings (SSSR count).